The summed E-state index contributed by atoms with van der Waals surface area (Å²) in [5.41, 5.74) is 2.56. The van der Waals surface area contributed by atoms with Gasteiger partial charge in [-0.15, -0.1) is 0 Å². The predicted octanol–water partition coefficient (Wildman–Crippen LogP) is 4.87. The zero-order valence-corrected chi connectivity index (χ0v) is 18.7. The number of oxime groups is 1. The molecule has 0 fully saturated rings. The van der Waals surface area contributed by atoms with Crippen molar-refractivity contribution in [3.8, 4) is 5.75 Å². The molecule has 0 N–H and O–H groups in total. The van der Waals surface area contributed by atoms with E-state index in [1.807, 2.05) is 25.1 Å². The number of carbonyl (C=O) groups excluding carboxylic acids is 1. The second-order valence-electron chi connectivity index (χ2n) is 6.78. The Morgan fingerprint density at radius 2 is 1.71 bits per heavy atom. The van der Waals surface area contributed by atoms with Crippen LogP contribution in [0.4, 0.5) is 0 Å². The fourth-order valence-corrected chi connectivity index (χ4v) is 4.28. The second-order valence-corrected chi connectivity index (χ2v) is 9.24. The summed E-state index contributed by atoms with van der Waals surface area (Å²) >= 11 is 3.37. The maximum absolute atomic E-state index is 12.8. The van der Waals surface area contributed by atoms with Crippen LogP contribution in [-0.2, 0) is 19.8 Å². The minimum absolute atomic E-state index is 0.0337. The molecule has 0 aromatic heterocycles. The molecule has 0 saturated heterocycles. The fourth-order valence-electron chi connectivity index (χ4n) is 2.95. The van der Waals surface area contributed by atoms with Crippen LogP contribution in [0.5, 0.6) is 5.75 Å². The van der Waals surface area contributed by atoms with E-state index in [-0.39, 0.29) is 16.2 Å². The Bertz CT molecular complexity index is 1310. The smallest absolute Gasteiger partial charge is 0.368 e. The van der Waals surface area contributed by atoms with E-state index in [1.165, 1.54) is 24.3 Å². The van der Waals surface area contributed by atoms with Crippen molar-refractivity contribution in [3.63, 3.8) is 0 Å². The summed E-state index contributed by atoms with van der Waals surface area (Å²) in [6.07, 6.45) is 1.51. The topological polar surface area (TPSA) is 82.0 Å². The summed E-state index contributed by atoms with van der Waals surface area (Å²) in [6, 6.07) is 20.3. The van der Waals surface area contributed by atoms with Crippen molar-refractivity contribution < 1.29 is 22.2 Å². The van der Waals surface area contributed by atoms with Gasteiger partial charge >= 0.3 is 16.1 Å². The number of nitrogens with zero attached hydrogens (tertiary/aromatic N) is 1. The van der Waals surface area contributed by atoms with Crippen LogP contribution in [0.1, 0.15) is 16.7 Å². The lowest BCUT2D eigenvalue weighted by molar-refractivity contribution is -0.136. The maximum Gasteiger partial charge on any atom is 0.368 e. The Hall–Kier alpha value is -3.23. The predicted molar refractivity (Wildman–Crippen MR) is 120 cm³/mol. The lowest BCUT2D eigenvalue weighted by Crippen LogP contribution is -2.11. The Labute approximate surface area is 188 Å². The molecular formula is C23H16BrNO5S. The molecular weight excluding hydrogens is 482 g/mol. The molecule has 1 aliphatic heterocycles. The Kier molecular flexibility index (Phi) is 5.75. The first kappa shape index (κ1) is 21.0. The molecule has 0 unspecified atom stereocenters. The molecule has 3 aromatic carbocycles. The second kappa shape index (κ2) is 8.49. The van der Waals surface area contributed by atoms with Gasteiger partial charge in [-0.25, -0.2) is 4.79 Å². The van der Waals surface area contributed by atoms with Crippen molar-refractivity contribution in [1.82, 2.24) is 0 Å². The van der Waals surface area contributed by atoms with Crippen LogP contribution in [0, 0.1) is 6.92 Å². The number of aryl methyl sites for hydroxylation is 1. The first-order valence-corrected chi connectivity index (χ1v) is 11.4. The van der Waals surface area contributed by atoms with Gasteiger partial charge in [-0.2, -0.15) is 8.42 Å². The summed E-state index contributed by atoms with van der Waals surface area (Å²) in [5.74, 6) is -0.561. The average Bonchev–Trinajstić information content (AvgIpc) is 3.11. The molecule has 156 valence electrons. The van der Waals surface area contributed by atoms with Crippen molar-refractivity contribution >= 4 is 43.8 Å². The first-order chi connectivity index (χ1) is 14.8. The monoisotopic (exact) mass is 497 g/mol. The van der Waals surface area contributed by atoms with Crippen molar-refractivity contribution in [1.29, 1.82) is 0 Å². The molecule has 4 rings (SSSR count). The number of hydrogen-bond donors (Lipinski definition) is 0. The van der Waals surface area contributed by atoms with Crippen LogP contribution in [0.3, 0.4) is 0 Å². The molecule has 1 aliphatic rings. The summed E-state index contributed by atoms with van der Waals surface area (Å²) in [4.78, 5) is 17.2. The third-order valence-electron chi connectivity index (χ3n) is 4.52. The van der Waals surface area contributed by atoms with Gasteiger partial charge in [0.05, 0.1) is 5.57 Å². The standard InChI is InChI=1S/C23H16BrNO5S/c1-15-7-10-19(11-8-15)31(27,28)30-21-12-9-18(24)13-17(21)14-20-22(25-29-23(20)26)16-5-3-2-4-6-16/h2-14H,1H3/b20-14-. The van der Waals surface area contributed by atoms with Crippen molar-refractivity contribution in [2.45, 2.75) is 11.8 Å². The lowest BCUT2D eigenvalue weighted by Gasteiger charge is -2.11. The van der Waals surface area contributed by atoms with E-state index in [0.717, 1.165) is 5.56 Å². The number of benzene rings is 3. The molecule has 31 heavy (non-hydrogen) atoms. The highest BCUT2D eigenvalue weighted by atomic mass is 79.9. The van der Waals surface area contributed by atoms with E-state index < -0.39 is 16.1 Å². The molecule has 0 radical (unpaired) electrons. The van der Waals surface area contributed by atoms with Crippen molar-refractivity contribution in [2.75, 3.05) is 0 Å². The average molecular weight is 498 g/mol. The van der Waals surface area contributed by atoms with Crippen molar-refractivity contribution in [3.05, 3.63) is 99.5 Å². The molecule has 0 saturated carbocycles. The summed E-state index contributed by atoms with van der Waals surface area (Å²) < 4.78 is 31.6. The largest absolute Gasteiger partial charge is 0.378 e. The van der Waals surface area contributed by atoms with Gasteiger partial charge in [0.2, 0.25) is 0 Å². The van der Waals surface area contributed by atoms with Gasteiger partial charge in [0.1, 0.15) is 16.4 Å². The Morgan fingerprint density at radius 1 is 1.00 bits per heavy atom. The van der Waals surface area contributed by atoms with Crippen LogP contribution in [0.2, 0.25) is 0 Å². The molecule has 1 heterocycles. The third kappa shape index (κ3) is 4.60. The molecule has 0 amide bonds. The summed E-state index contributed by atoms with van der Waals surface area (Å²) in [5, 5.41) is 3.88. The quantitative estimate of drug-likeness (QED) is 0.285. The first-order valence-electron chi connectivity index (χ1n) is 9.21. The van der Waals surface area contributed by atoms with Crippen LogP contribution >= 0.6 is 15.9 Å². The van der Waals surface area contributed by atoms with Crippen molar-refractivity contribution in [2.24, 2.45) is 5.16 Å². The SMILES string of the molecule is Cc1ccc(S(=O)(=O)Oc2ccc(Br)cc2/C=C2\C(=O)ON=C2c2ccccc2)cc1. The van der Waals surface area contributed by atoms with Gasteiger partial charge in [0.15, 0.2) is 0 Å². The highest BCUT2D eigenvalue weighted by molar-refractivity contribution is 9.10. The van der Waals surface area contributed by atoms with E-state index in [1.54, 1.807) is 36.4 Å². The van der Waals surface area contributed by atoms with Gasteiger partial charge in [-0.3, -0.25) is 0 Å². The molecule has 0 spiro atoms. The number of halogens is 1. The fraction of sp³-hybridized carbons (Fsp3) is 0.0435. The maximum atomic E-state index is 12.8. The molecule has 0 aliphatic carbocycles. The number of rotatable bonds is 5. The normalized spacial score (nSPS) is 15.0. The zero-order chi connectivity index (χ0) is 22.0. The van der Waals surface area contributed by atoms with Crippen LogP contribution in [0.15, 0.2) is 92.9 Å². The zero-order valence-electron chi connectivity index (χ0n) is 16.3. The molecule has 0 bridgehead atoms. The van der Waals surface area contributed by atoms with E-state index >= 15 is 0 Å². The number of carbonyl (C=O) groups is 1. The van der Waals surface area contributed by atoms with Crippen LogP contribution < -0.4 is 4.18 Å². The van der Waals surface area contributed by atoms with E-state index in [0.29, 0.717) is 21.3 Å². The molecule has 6 nitrogen and oxygen atoms in total. The van der Waals surface area contributed by atoms with Gasteiger partial charge < -0.3 is 9.02 Å². The van der Waals surface area contributed by atoms with E-state index in [2.05, 4.69) is 21.1 Å². The van der Waals surface area contributed by atoms with Crippen LogP contribution in [0.25, 0.3) is 6.08 Å². The molecule has 3 aromatic rings. The van der Waals surface area contributed by atoms with Gasteiger partial charge in [0.25, 0.3) is 0 Å². The molecule has 0 atom stereocenters. The van der Waals surface area contributed by atoms with Gasteiger partial charge in [-0.05, 0) is 43.3 Å². The highest BCUT2D eigenvalue weighted by Crippen LogP contribution is 2.30. The van der Waals surface area contributed by atoms with E-state index in [9.17, 15) is 13.2 Å². The Morgan fingerprint density at radius 3 is 2.42 bits per heavy atom. The third-order valence-corrected chi connectivity index (χ3v) is 6.26. The van der Waals surface area contributed by atoms with Crippen LogP contribution in [-0.4, -0.2) is 20.1 Å². The lowest BCUT2D eigenvalue weighted by atomic mass is 10.0. The Balaban J connectivity index is 1.74. The molecule has 8 heteroatoms. The highest BCUT2D eigenvalue weighted by Gasteiger charge is 2.27. The summed E-state index contributed by atoms with van der Waals surface area (Å²) in [7, 11) is -4.07. The summed E-state index contributed by atoms with van der Waals surface area (Å²) in [6.45, 7) is 1.86. The van der Waals surface area contributed by atoms with E-state index in [4.69, 9.17) is 9.02 Å². The number of hydrogen-bond acceptors (Lipinski definition) is 6. The van der Waals surface area contributed by atoms with Gasteiger partial charge in [-0.1, -0.05) is 69.1 Å². The minimum Gasteiger partial charge on any atom is -0.378 e. The van der Waals surface area contributed by atoms with Gasteiger partial charge in [0, 0.05) is 15.6 Å². The minimum atomic E-state index is -4.07.